The molecule has 19 nitrogen and oxygen atoms in total. The minimum atomic E-state index is -2.30. The van der Waals surface area contributed by atoms with Crippen LogP contribution in [0.15, 0.2) is 17.1 Å². The number of aliphatic hydroxyl groups excluding tert-OH is 5. The largest absolute Gasteiger partial charge is 0.396 e. The Balaban J connectivity index is 1.23. The topological polar surface area (TPSA) is 309 Å². The number of piperidine rings is 1. The Morgan fingerprint density at radius 3 is 2.39 bits per heavy atom. The van der Waals surface area contributed by atoms with Gasteiger partial charge in [-0.1, -0.05) is 6.42 Å². The lowest BCUT2D eigenvalue weighted by molar-refractivity contribution is -0.348. The van der Waals surface area contributed by atoms with Gasteiger partial charge in [-0.25, -0.2) is 0 Å². The average Bonchev–Trinajstić information content (AvgIpc) is 3.54. The number of nitrogens with one attached hydrogen (secondary N) is 2. The van der Waals surface area contributed by atoms with Crippen molar-refractivity contribution in [1.29, 1.82) is 0 Å². The summed E-state index contributed by atoms with van der Waals surface area (Å²) >= 11 is 0. The summed E-state index contributed by atoms with van der Waals surface area (Å²) in [7, 11) is 3.00. The highest BCUT2D eigenvalue weighted by atomic mass is 16.7. The number of ether oxygens (including phenoxy) is 3. The van der Waals surface area contributed by atoms with Crippen molar-refractivity contribution < 1.29 is 64.0 Å². The van der Waals surface area contributed by atoms with E-state index in [0.717, 1.165) is 17.1 Å². The molecule has 12 N–H and O–H groups in total. The molecule has 5 fully saturated rings. The van der Waals surface area contributed by atoms with E-state index in [1.807, 2.05) is 0 Å². The van der Waals surface area contributed by atoms with Crippen molar-refractivity contribution in [3.63, 3.8) is 0 Å². The van der Waals surface area contributed by atoms with E-state index in [2.05, 4.69) is 15.6 Å². The third kappa shape index (κ3) is 9.30. The molecule has 0 bridgehead atoms. The molecule has 3 aliphatic carbocycles. The third-order valence-corrected chi connectivity index (χ3v) is 14.2. The molecule has 17 atom stereocenters. The van der Waals surface area contributed by atoms with Crippen molar-refractivity contribution >= 4 is 29.3 Å². The molecule has 6 aliphatic rings. The number of Topliss-reactive ketones (excluding diaryl/α,β-unsaturated/α-hetero) is 2. The zero-order valence-electron chi connectivity index (χ0n) is 33.9. The van der Waals surface area contributed by atoms with Crippen LogP contribution in [0, 0.1) is 47.3 Å². The SMILES string of the molecule is CN=C(N)NCC1C(CCCCO)CC2C(=O)C3CC(OC)CC(OC4OC(CO)C(O)(CC(CN5C(=O)C=CC5=O)C5CCNC(N)C5)C(O)C4O)C3C(=O)C2C1O. The number of methoxy groups -OCH3 is 1. The van der Waals surface area contributed by atoms with Gasteiger partial charge in [0.1, 0.15) is 35.5 Å². The molecular weight excluding hydrogens is 772 g/mol. The fraction of sp³-hybridized carbons (Fsp3) is 0.825. The fourth-order valence-electron chi connectivity index (χ4n) is 11.0. The van der Waals surface area contributed by atoms with Crippen LogP contribution in [-0.2, 0) is 33.4 Å². The van der Waals surface area contributed by atoms with Gasteiger partial charge in [-0.2, -0.15) is 0 Å². The molecule has 6 rings (SSSR count). The van der Waals surface area contributed by atoms with E-state index in [0.29, 0.717) is 45.1 Å². The number of fused-ring (bicyclic) bond motifs is 2. The number of nitrogens with two attached hydrogens (primary N) is 2. The zero-order valence-corrected chi connectivity index (χ0v) is 33.9. The Morgan fingerprint density at radius 1 is 1.03 bits per heavy atom. The van der Waals surface area contributed by atoms with E-state index >= 15 is 0 Å². The highest BCUT2D eigenvalue weighted by Crippen LogP contribution is 2.51. The molecule has 0 radical (unpaired) electrons. The second-order valence-electron chi connectivity index (χ2n) is 17.5. The lowest BCUT2D eigenvalue weighted by Crippen LogP contribution is -2.69. The van der Waals surface area contributed by atoms with Gasteiger partial charge >= 0.3 is 0 Å². The molecule has 3 heterocycles. The number of ketones is 2. The van der Waals surface area contributed by atoms with Crippen LogP contribution >= 0.6 is 0 Å². The molecule has 19 heteroatoms. The summed E-state index contributed by atoms with van der Waals surface area (Å²) in [5.41, 5.74) is 9.83. The highest BCUT2D eigenvalue weighted by molar-refractivity contribution is 6.12. The second-order valence-corrected chi connectivity index (χ2v) is 17.5. The number of carbonyl (C=O) groups is 4. The van der Waals surface area contributed by atoms with Gasteiger partial charge in [-0.3, -0.25) is 29.1 Å². The van der Waals surface area contributed by atoms with Gasteiger partial charge in [-0.15, -0.1) is 0 Å². The minimum Gasteiger partial charge on any atom is -0.396 e. The van der Waals surface area contributed by atoms with Crippen molar-refractivity contribution in [3.8, 4) is 0 Å². The predicted octanol–water partition coefficient (Wildman–Crippen LogP) is -3.12. The Morgan fingerprint density at radius 2 is 1.75 bits per heavy atom. The summed E-state index contributed by atoms with van der Waals surface area (Å²) in [4.78, 5) is 59.4. The molecule has 2 saturated heterocycles. The zero-order chi connectivity index (χ0) is 42.8. The smallest absolute Gasteiger partial charge is 0.253 e. The summed E-state index contributed by atoms with van der Waals surface area (Å²) in [6.07, 6.45) is -4.82. The van der Waals surface area contributed by atoms with E-state index in [9.17, 15) is 49.8 Å². The predicted molar refractivity (Wildman–Crippen MR) is 208 cm³/mol. The first kappa shape index (κ1) is 45.6. The average molecular weight is 837 g/mol. The first-order chi connectivity index (χ1) is 28.2. The molecule has 3 saturated carbocycles. The van der Waals surface area contributed by atoms with Crippen LogP contribution in [0.5, 0.6) is 0 Å². The molecule has 0 aromatic rings. The quantitative estimate of drug-likeness (QED) is 0.0338. The van der Waals surface area contributed by atoms with E-state index in [4.69, 9.17) is 25.7 Å². The molecule has 0 aromatic heterocycles. The summed E-state index contributed by atoms with van der Waals surface area (Å²) in [5, 5.41) is 73.7. The van der Waals surface area contributed by atoms with E-state index in [1.54, 1.807) is 0 Å². The molecule has 17 unspecified atom stereocenters. The molecule has 0 spiro atoms. The molecule has 59 heavy (non-hydrogen) atoms. The van der Waals surface area contributed by atoms with Crippen molar-refractivity contribution in [1.82, 2.24) is 15.5 Å². The maximum absolute atomic E-state index is 14.7. The molecule has 2 amide bonds. The van der Waals surface area contributed by atoms with Crippen molar-refractivity contribution in [2.75, 3.05) is 47.0 Å². The van der Waals surface area contributed by atoms with E-state index < -0.39 is 109 Å². The first-order valence-electron chi connectivity index (χ1n) is 21.0. The van der Waals surface area contributed by atoms with Crippen LogP contribution in [-0.4, -0.2) is 167 Å². The third-order valence-electron chi connectivity index (χ3n) is 14.2. The number of amides is 2. The van der Waals surface area contributed by atoms with Gasteiger partial charge in [-0.05, 0) is 69.2 Å². The van der Waals surface area contributed by atoms with Crippen molar-refractivity contribution in [2.24, 2.45) is 63.8 Å². The van der Waals surface area contributed by atoms with Crippen LogP contribution in [0.25, 0.3) is 0 Å². The lowest BCUT2D eigenvalue weighted by Gasteiger charge is -2.54. The maximum atomic E-state index is 14.7. The number of unbranched alkanes of at least 4 members (excludes halogenated alkanes) is 1. The van der Waals surface area contributed by atoms with Gasteiger partial charge in [0, 0.05) is 70.2 Å². The maximum Gasteiger partial charge on any atom is 0.253 e. The van der Waals surface area contributed by atoms with Crippen molar-refractivity contribution in [2.45, 2.75) is 112 Å². The van der Waals surface area contributed by atoms with Crippen LogP contribution in [0.2, 0.25) is 0 Å². The monoisotopic (exact) mass is 836 g/mol. The Labute approximate surface area is 343 Å². The first-order valence-corrected chi connectivity index (χ1v) is 21.0. The minimum absolute atomic E-state index is 0.00445. The Hall–Kier alpha value is -2.95. The number of guanidine groups is 1. The number of aliphatic imine (C=N–C) groups is 1. The summed E-state index contributed by atoms with van der Waals surface area (Å²) in [6.45, 7) is -0.201. The van der Waals surface area contributed by atoms with Crippen LogP contribution in [0.1, 0.15) is 57.8 Å². The summed E-state index contributed by atoms with van der Waals surface area (Å²) < 4.78 is 18.2. The molecule has 332 valence electrons. The van der Waals surface area contributed by atoms with Crippen LogP contribution < -0.4 is 22.1 Å². The van der Waals surface area contributed by atoms with Gasteiger partial charge in [0.2, 0.25) is 0 Å². The normalized spacial score (nSPS) is 42.2. The van der Waals surface area contributed by atoms with Crippen LogP contribution in [0.4, 0.5) is 0 Å². The number of nitrogens with zero attached hydrogens (tertiary/aromatic N) is 2. The number of aliphatic hydroxyl groups is 6. The highest BCUT2D eigenvalue weighted by Gasteiger charge is 2.62. The van der Waals surface area contributed by atoms with E-state index in [1.165, 1.54) is 14.2 Å². The number of rotatable bonds is 15. The number of hydrogen-bond acceptors (Lipinski definition) is 16. The summed E-state index contributed by atoms with van der Waals surface area (Å²) in [6, 6.07) is 0. The summed E-state index contributed by atoms with van der Waals surface area (Å²) in [5.74, 6) is -6.65. The Bertz CT molecular complexity index is 1560. The van der Waals surface area contributed by atoms with Crippen LogP contribution in [0.3, 0.4) is 0 Å². The van der Waals surface area contributed by atoms with E-state index in [-0.39, 0.29) is 68.3 Å². The molecule has 3 aliphatic heterocycles. The van der Waals surface area contributed by atoms with Gasteiger partial charge in [0.25, 0.3) is 11.8 Å². The standard InChI is InChI=1S/C40H64N6O13/c1-43-39(42)45-16-25-20(5-3-4-10-47)11-23-32(34(25)52)35(53)31-24(33(23)51)13-22(57-2)14-26(31)58-38-36(54)37(55)40(56,27(18-48)59-38)15-21(19-8-9-44-28(41)12-19)17-46-29(49)6-7-30(46)50/h6-7,19-28,31-32,34,36-38,44,47-48,52,54-56H,3-5,8-18,41H2,1-2H3,(H3,42,43,45). The van der Waals surface area contributed by atoms with Crippen molar-refractivity contribution in [3.05, 3.63) is 12.2 Å². The molecular formula is C40H64N6O13. The van der Waals surface area contributed by atoms with Gasteiger partial charge in [0.05, 0.1) is 42.9 Å². The Kier molecular flexibility index (Phi) is 15.0. The molecule has 0 aromatic carbocycles. The lowest BCUT2D eigenvalue weighted by atomic mass is 9.53. The number of carbonyl (C=O) groups excluding carboxylic acids is 4. The number of imide groups is 1. The fourth-order valence-corrected chi connectivity index (χ4v) is 11.0. The van der Waals surface area contributed by atoms with Gasteiger partial charge < -0.3 is 67.0 Å². The number of hydrogen-bond donors (Lipinski definition) is 10. The second kappa shape index (κ2) is 19.4. The van der Waals surface area contributed by atoms with Gasteiger partial charge in [0.15, 0.2) is 12.2 Å².